The summed E-state index contributed by atoms with van der Waals surface area (Å²) in [5.74, 6) is -0.616. The summed E-state index contributed by atoms with van der Waals surface area (Å²) >= 11 is 0. The molecule has 2 amide bonds. The van der Waals surface area contributed by atoms with Crippen LogP contribution in [-0.2, 0) is 14.4 Å². The molecule has 4 rings (SSSR count). The number of piperazine rings is 1. The molecule has 2 saturated heterocycles. The van der Waals surface area contributed by atoms with E-state index >= 15 is 0 Å². The number of nitrogens with zero attached hydrogens (tertiary/aromatic N) is 8. The van der Waals surface area contributed by atoms with E-state index in [2.05, 4.69) is 24.9 Å². The molecule has 0 bridgehead atoms. The Labute approximate surface area is 236 Å². The molecule has 0 atom stereocenters. The predicted molar refractivity (Wildman–Crippen MR) is 146 cm³/mol. The summed E-state index contributed by atoms with van der Waals surface area (Å²) in [4.78, 5) is 62.8. The van der Waals surface area contributed by atoms with Crippen LogP contribution in [0.15, 0.2) is 17.8 Å². The maximum atomic E-state index is 13.6. The van der Waals surface area contributed by atoms with Gasteiger partial charge in [0, 0.05) is 64.2 Å². The molecule has 0 aliphatic carbocycles. The Kier molecular flexibility index (Phi) is 9.35. The van der Waals surface area contributed by atoms with Crippen LogP contribution in [0, 0.1) is 5.92 Å². The molecule has 2 aromatic heterocycles. The largest absolute Gasteiger partial charge is 0.368 e. The quantitative estimate of drug-likeness (QED) is 0.439. The topological polar surface area (TPSA) is 177 Å². The molecule has 0 radical (unpaired) electrons. The van der Waals surface area contributed by atoms with Gasteiger partial charge in [-0.1, -0.05) is 5.57 Å². The molecular formula is C26H34F2N10O3. The number of allylic oxidation sites excluding steroid dienone is 2. The maximum Gasteiger partial charge on any atom is 0.281 e. The third-order valence-corrected chi connectivity index (χ3v) is 7.03. The standard InChI is InChI=1S/C26H34F2N10O3/c1-15(2)13-17(39)3-4-19(40)36-7-5-16(6-8-36)23(41)37-9-11-38(12-10-37)26-34-22(33-25(30)35-26)18-14-31-24(29)32-20(18)21(27)28/h13-14,16,21H,3-12H2,1-2H3,(H2,29,31,32)(H2,30,33,34,35). The van der Waals surface area contributed by atoms with E-state index in [0.717, 1.165) is 11.8 Å². The molecule has 0 saturated carbocycles. The second-order valence-corrected chi connectivity index (χ2v) is 10.3. The molecular weight excluding hydrogens is 538 g/mol. The van der Waals surface area contributed by atoms with E-state index in [1.54, 1.807) is 15.9 Å². The number of hydrogen-bond donors (Lipinski definition) is 2. The van der Waals surface area contributed by atoms with Crippen LogP contribution in [0.2, 0.25) is 0 Å². The van der Waals surface area contributed by atoms with Crippen LogP contribution in [0.25, 0.3) is 11.4 Å². The number of ketones is 1. The highest BCUT2D eigenvalue weighted by molar-refractivity contribution is 5.93. The number of alkyl halides is 2. The first-order chi connectivity index (χ1) is 19.5. The maximum absolute atomic E-state index is 13.6. The van der Waals surface area contributed by atoms with E-state index in [4.69, 9.17) is 11.5 Å². The lowest BCUT2D eigenvalue weighted by atomic mass is 9.94. The molecule has 41 heavy (non-hydrogen) atoms. The molecule has 2 aliphatic heterocycles. The zero-order valence-electron chi connectivity index (χ0n) is 23.1. The van der Waals surface area contributed by atoms with E-state index in [9.17, 15) is 23.2 Å². The van der Waals surface area contributed by atoms with Crippen molar-refractivity contribution in [3.63, 3.8) is 0 Å². The van der Waals surface area contributed by atoms with Crippen molar-refractivity contribution < 1.29 is 23.2 Å². The van der Waals surface area contributed by atoms with Gasteiger partial charge in [0.15, 0.2) is 11.6 Å². The fourth-order valence-electron chi connectivity index (χ4n) is 4.93. The highest BCUT2D eigenvalue weighted by atomic mass is 19.3. The highest BCUT2D eigenvalue weighted by Crippen LogP contribution is 2.29. The van der Waals surface area contributed by atoms with Crippen molar-refractivity contribution in [2.75, 3.05) is 55.6 Å². The van der Waals surface area contributed by atoms with Crippen molar-refractivity contribution in [1.29, 1.82) is 0 Å². The summed E-state index contributed by atoms with van der Waals surface area (Å²) in [5.41, 5.74) is 11.5. The Hall–Kier alpha value is -4.30. The summed E-state index contributed by atoms with van der Waals surface area (Å²) in [6.07, 6.45) is 1.23. The molecule has 15 heteroatoms. The highest BCUT2D eigenvalue weighted by Gasteiger charge is 2.32. The molecule has 2 fully saturated rings. The van der Waals surface area contributed by atoms with Crippen LogP contribution >= 0.6 is 0 Å². The van der Waals surface area contributed by atoms with Gasteiger partial charge in [-0.25, -0.2) is 18.7 Å². The fraction of sp³-hybridized carbons (Fsp3) is 0.538. The number of nitrogens with two attached hydrogens (primary N) is 2. The van der Waals surface area contributed by atoms with Gasteiger partial charge in [0.1, 0.15) is 5.69 Å². The Balaban J connectivity index is 1.31. The second kappa shape index (κ2) is 12.9. The van der Waals surface area contributed by atoms with Crippen LogP contribution in [-0.4, -0.2) is 91.6 Å². The van der Waals surface area contributed by atoms with Gasteiger partial charge in [-0.3, -0.25) is 14.4 Å². The van der Waals surface area contributed by atoms with Crippen molar-refractivity contribution in [1.82, 2.24) is 34.7 Å². The van der Waals surface area contributed by atoms with E-state index < -0.39 is 12.1 Å². The first-order valence-electron chi connectivity index (χ1n) is 13.4. The van der Waals surface area contributed by atoms with E-state index in [1.165, 1.54) is 0 Å². The number of likely N-dealkylation sites (tertiary alicyclic amines) is 1. The first kappa shape index (κ1) is 29.7. The average molecular weight is 573 g/mol. The zero-order valence-corrected chi connectivity index (χ0v) is 23.1. The molecule has 220 valence electrons. The number of rotatable bonds is 8. The number of anilines is 3. The van der Waals surface area contributed by atoms with Gasteiger partial charge in [-0.05, 0) is 32.8 Å². The van der Waals surface area contributed by atoms with Gasteiger partial charge in [0.05, 0.1) is 5.56 Å². The Bertz CT molecular complexity index is 1320. The molecule has 0 unspecified atom stereocenters. The lowest BCUT2D eigenvalue weighted by molar-refractivity contribution is -0.141. The van der Waals surface area contributed by atoms with Crippen LogP contribution in [0.4, 0.5) is 26.6 Å². The van der Waals surface area contributed by atoms with Gasteiger partial charge in [-0.15, -0.1) is 0 Å². The number of carbonyl (C=O) groups excluding carboxylic acids is 3. The smallest absolute Gasteiger partial charge is 0.281 e. The molecule has 13 nitrogen and oxygen atoms in total. The summed E-state index contributed by atoms with van der Waals surface area (Å²) in [7, 11) is 0. The average Bonchev–Trinajstić information content (AvgIpc) is 2.95. The number of amides is 2. The monoisotopic (exact) mass is 572 g/mol. The minimum atomic E-state index is -2.92. The number of carbonyl (C=O) groups is 3. The summed E-state index contributed by atoms with van der Waals surface area (Å²) in [5, 5.41) is 0. The van der Waals surface area contributed by atoms with Crippen LogP contribution in [0.5, 0.6) is 0 Å². The molecule has 4 N–H and O–H groups in total. The van der Waals surface area contributed by atoms with Gasteiger partial charge in [-0.2, -0.15) is 15.0 Å². The van der Waals surface area contributed by atoms with E-state index in [1.807, 2.05) is 18.7 Å². The molecule has 4 heterocycles. The van der Waals surface area contributed by atoms with Crippen LogP contribution < -0.4 is 16.4 Å². The number of nitrogen functional groups attached to an aromatic ring is 2. The summed E-state index contributed by atoms with van der Waals surface area (Å²) < 4.78 is 27.1. The number of hydrogen-bond acceptors (Lipinski definition) is 11. The predicted octanol–water partition coefficient (Wildman–Crippen LogP) is 1.63. The minimum Gasteiger partial charge on any atom is -0.368 e. The first-order valence-corrected chi connectivity index (χ1v) is 13.4. The normalized spacial score (nSPS) is 16.2. The van der Waals surface area contributed by atoms with Crippen molar-refractivity contribution >= 4 is 35.4 Å². The Morgan fingerprint density at radius 2 is 1.61 bits per heavy atom. The Morgan fingerprint density at radius 3 is 2.24 bits per heavy atom. The van der Waals surface area contributed by atoms with Crippen LogP contribution in [0.1, 0.15) is 51.7 Å². The zero-order chi connectivity index (χ0) is 29.7. The second-order valence-electron chi connectivity index (χ2n) is 10.3. The summed E-state index contributed by atoms with van der Waals surface area (Å²) in [6.45, 7) is 6.29. The Morgan fingerprint density at radius 1 is 0.927 bits per heavy atom. The number of aromatic nitrogens is 5. The molecule has 2 aliphatic rings. The van der Waals surface area contributed by atoms with Gasteiger partial charge in [0.2, 0.25) is 29.7 Å². The number of halogens is 2. The SMILES string of the molecule is CC(C)=CC(=O)CCC(=O)N1CCC(C(=O)N2CCN(c3nc(N)nc(-c4cnc(N)nc4C(F)F)n3)CC2)CC1. The molecule has 0 aromatic carbocycles. The lowest BCUT2D eigenvalue weighted by Crippen LogP contribution is -2.52. The van der Waals surface area contributed by atoms with E-state index in [-0.39, 0.29) is 65.6 Å². The minimum absolute atomic E-state index is 0.0342. The van der Waals surface area contributed by atoms with Gasteiger partial charge >= 0.3 is 0 Å². The lowest BCUT2D eigenvalue weighted by Gasteiger charge is -2.38. The van der Waals surface area contributed by atoms with Crippen molar-refractivity contribution in [3.05, 3.63) is 23.5 Å². The van der Waals surface area contributed by atoms with Gasteiger partial charge < -0.3 is 26.2 Å². The third-order valence-electron chi connectivity index (χ3n) is 7.03. The van der Waals surface area contributed by atoms with Crippen molar-refractivity contribution in [2.24, 2.45) is 5.92 Å². The van der Waals surface area contributed by atoms with Crippen LogP contribution in [0.3, 0.4) is 0 Å². The molecule has 0 spiro atoms. The number of piperidine rings is 1. The fourth-order valence-corrected chi connectivity index (χ4v) is 4.93. The van der Waals surface area contributed by atoms with Crippen molar-refractivity contribution in [3.8, 4) is 11.4 Å². The molecule has 2 aromatic rings. The summed E-state index contributed by atoms with van der Waals surface area (Å²) in [6, 6.07) is 0. The van der Waals surface area contributed by atoms with E-state index in [0.29, 0.717) is 52.1 Å². The third kappa shape index (κ3) is 7.46. The van der Waals surface area contributed by atoms with Gasteiger partial charge in [0.25, 0.3) is 6.43 Å². The van der Waals surface area contributed by atoms with Crippen molar-refractivity contribution in [2.45, 2.75) is 46.0 Å².